The van der Waals surface area contributed by atoms with E-state index in [1.807, 2.05) is 49.4 Å². The molecular weight excluding hydrogens is 663 g/mol. The second-order valence-electron chi connectivity index (χ2n) is 11.3. The third-order valence-corrected chi connectivity index (χ3v) is 8.89. The molecule has 5 aromatic rings. The Morgan fingerprint density at radius 3 is 2.12 bits per heavy atom. The summed E-state index contributed by atoms with van der Waals surface area (Å²) >= 11 is 1.28. The summed E-state index contributed by atoms with van der Waals surface area (Å²) in [7, 11) is 0. The fourth-order valence-corrected chi connectivity index (χ4v) is 6.26. The number of imide groups is 1. The zero-order valence-corrected chi connectivity index (χ0v) is 28.4. The Bertz CT molecular complexity index is 2090. The van der Waals surface area contributed by atoms with Gasteiger partial charge in [-0.25, -0.2) is 4.90 Å². The molecule has 5 aromatic carbocycles. The van der Waals surface area contributed by atoms with Crippen molar-refractivity contribution in [3.8, 4) is 5.75 Å². The van der Waals surface area contributed by atoms with Gasteiger partial charge in [-0.05, 0) is 91.9 Å². The van der Waals surface area contributed by atoms with Gasteiger partial charge in [0.25, 0.3) is 11.8 Å². The van der Waals surface area contributed by atoms with Gasteiger partial charge in [-0.15, -0.1) is 11.8 Å². The predicted octanol–water partition coefficient (Wildman–Crippen LogP) is 8.33. The molecule has 0 bridgehead atoms. The largest absolute Gasteiger partial charge is 0.493 e. The predicted molar refractivity (Wildman–Crippen MR) is 198 cm³/mol. The first-order chi connectivity index (χ1) is 24.9. The van der Waals surface area contributed by atoms with Crippen LogP contribution in [-0.2, 0) is 14.4 Å². The fraction of sp³-hybridized carbons (Fsp3) is 0.100. The normalized spacial score (nSPS) is 14.5. The van der Waals surface area contributed by atoms with E-state index in [1.165, 1.54) is 16.7 Å². The van der Waals surface area contributed by atoms with E-state index in [0.717, 1.165) is 10.6 Å². The Hall–Kier alpha value is -6.33. The molecule has 1 atom stereocenters. The summed E-state index contributed by atoms with van der Waals surface area (Å²) < 4.78 is 5.72. The van der Waals surface area contributed by atoms with Crippen molar-refractivity contribution in [2.45, 2.75) is 23.5 Å². The average Bonchev–Trinajstić information content (AvgIpc) is 3.44. The maximum Gasteiger partial charge on any atom is 0.272 e. The minimum Gasteiger partial charge on any atom is -0.493 e. The smallest absolute Gasteiger partial charge is 0.272 e. The summed E-state index contributed by atoms with van der Waals surface area (Å²) in [5.41, 5.74) is 3.30. The van der Waals surface area contributed by atoms with Crippen LogP contribution in [0.1, 0.15) is 29.3 Å². The van der Waals surface area contributed by atoms with Crippen molar-refractivity contribution in [1.82, 2.24) is 5.32 Å². The minimum absolute atomic E-state index is 0.0249. The monoisotopic (exact) mass is 695 g/mol. The topological polar surface area (TPSA) is 130 Å². The van der Waals surface area contributed by atoms with Crippen molar-refractivity contribution in [3.05, 3.63) is 150 Å². The number of anilines is 2. The molecule has 10 nitrogen and oxygen atoms in total. The van der Waals surface area contributed by atoms with Crippen molar-refractivity contribution >= 4 is 64.2 Å². The van der Waals surface area contributed by atoms with E-state index in [9.17, 15) is 19.2 Å². The molecule has 2 N–H and O–H groups in total. The third kappa shape index (κ3) is 8.83. The van der Waals surface area contributed by atoms with Gasteiger partial charge in [0, 0.05) is 28.1 Å². The van der Waals surface area contributed by atoms with Crippen molar-refractivity contribution in [1.29, 1.82) is 0 Å². The highest BCUT2D eigenvalue weighted by Gasteiger charge is 2.40. The zero-order chi connectivity index (χ0) is 35.6. The van der Waals surface area contributed by atoms with E-state index >= 15 is 0 Å². The molecule has 1 heterocycles. The Kier molecular flexibility index (Phi) is 11.1. The molecule has 1 aliphatic heterocycles. The third-order valence-electron chi connectivity index (χ3n) is 7.69. The summed E-state index contributed by atoms with van der Waals surface area (Å²) in [6.07, 6.45) is 1.62. The number of para-hydroxylation sites is 1. The van der Waals surface area contributed by atoms with Crippen molar-refractivity contribution in [3.63, 3.8) is 0 Å². The van der Waals surface area contributed by atoms with Gasteiger partial charge in [-0.2, -0.15) is 10.2 Å². The molecule has 1 unspecified atom stereocenters. The second kappa shape index (κ2) is 16.4. The molecule has 0 aromatic heterocycles. The van der Waals surface area contributed by atoms with Crippen molar-refractivity contribution < 1.29 is 23.9 Å². The maximum atomic E-state index is 13.6. The number of carbonyl (C=O) groups is 4. The molecule has 1 aliphatic rings. The van der Waals surface area contributed by atoms with Crippen molar-refractivity contribution in [2.24, 2.45) is 10.2 Å². The number of rotatable bonds is 12. The SMILES string of the molecule is CCOc1ccccc1/C=C(\NC(=O)c1ccccc1)C(=O)Nc1ccc(SC2CC(=O)N(c3ccc(N=Nc4ccccc4)cc3)C2=O)cc1. The van der Waals surface area contributed by atoms with Crippen LogP contribution in [0.5, 0.6) is 5.75 Å². The number of hydrogen-bond donors (Lipinski definition) is 2. The van der Waals surface area contributed by atoms with E-state index in [4.69, 9.17) is 4.74 Å². The lowest BCUT2D eigenvalue weighted by Gasteiger charge is -2.15. The van der Waals surface area contributed by atoms with Crippen LogP contribution in [0.2, 0.25) is 0 Å². The number of nitrogens with zero attached hydrogens (tertiary/aromatic N) is 3. The number of azo groups is 1. The molecule has 0 saturated carbocycles. The van der Waals surface area contributed by atoms with Gasteiger partial charge >= 0.3 is 0 Å². The number of nitrogens with one attached hydrogen (secondary N) is 2. The molecular formula is C40H33N5O5S. The molecule has 4 amide bonds. The number of ether oxygens (including phenoxy) is 1. The number of thioether (sulfide) groups is 1. The molecule has 6 rings (SSSR count). The Morgan fingerprint density at radius 2 is 1.43 bits per heavy atom. The summed E-state index contributed by atoms with van der Waals surface area (Å²) in [4.78, 5) is 54.8. The van der Waals surface area contributed by atoms with E-state index in [1.54, 1.807) is 97.1 Å². The van der Waals surface area contributed by atoms with Gasteiger partial charge < -0.3 is 15.4 Å². The summed E-state index contributed by atoms with van der Waals surface area (Å²) in [6.45, 7) is 2.30. The Labute approximate surface area is 299 Å². The lowest BCUT2D eigenvalue weighted by Crippen LogP contribution is -2.31. The second-order valence-corrected chi connectivity index (χ2v) is 12.5. The van der Waals surface area contributed by atoms with E-state index in [-0.39, 0.29) is 23.9 Å². The number of hydrogen-bond acceptors (Lipinski definition) is 8. The molecule has 51 heavy (non-hydrogen) atoms. The number of amides is 4. The van der Waals surface area contributed by atoms with Crippen LogP contribution < -0.4 is 20.3 Å². The van der Waals surface area contributed by atoms with E-state index in [0.29, 0.717) is 40.5 Å². The van der Waals surface area contributed by atoms with Crippen LogP contribution in [0.15, 0.2) is 154 Å². The first-order valence-electron chi connectivity index (χ1n) is 16.2. The Balaban J connectivity index is 1.11. The maximum absolute atomic E-state index is 13.6. The van der Waals surface area contributed by atoms with Gasteiger partial charge in [0.05, 0.1) is 28.9 Å². The lowest BCUT2D eigenvalue weighted by molar-refractivity contribution is -0.121. The number of carbonyl (C=O) groups excluding carboxylic acids is 4. The number of benzene rings is 5. The van der Waals surface area contributed by atoms with Crippen LogP contribution in [0.4, 0.5) is 22.7 Å². The van der Waals surface area contributed by atoms with Gasteiger partial charge in [0.1, 0.15) is 11.4 Å². The molecule has 1 fully saturated rings. The Morgan fingerprint density at radius 1 is 0.804 bits per heavy atom. The molecule has 254 valence electrons. The first-order valence-corrected chi connectivity index (χ1v) is 17.1. The van der Waals surface area contributed by atoms with Gasteiger partial charge in [0.2, 0.25) is 11.8 Å². The van der Waals surface area contributed by atoms with Gasteiger partial charge in [-0.1, -0.05) is 54.6 Å². The lowest BCUT2D eigenvalue weighted by atomic mass is 10.1. The van der Waals surface area contributed by atoms with Gasteiger partial charge in [0.15, 0.2) is 0 Å². The van der Waals surface area contributed by atoms with E-state index < -0.39 is 17.1 Å². The van der Waals surface area contributed by atoms with Crippen LogP contribution in [0.3, 0.4) is 0 Å². The van der Waals surface area contributed by atoms with Gasteiger partial charge in [-0.3, -0.25) is 19.2 Å². The average molecular weight is 696 g/mol. The summed E-state index contributed by atoms with van der Waals surface area (Å²) in [5, 5.41) is 13.4. The molecule has 1 saturated heterocycles. The summed E-state index contributed by atoms with van der Waals surface area (Å²) in [5.74, 6) is -1.00. The quantitative estimate of drug-likeness (QED) is 0.0767. The molecule has 0 radical (unpaired) electrons. The van der Waals surface area contributed by atoms with E-state index in [2.05, 4.69) is 20.9 Å². The van der Waals surface area contributed by atoms with Crippen LogP contribution in [-0.4, -0.2) is 35.5 Å². The standard InChI is InChI=1S/C40H33N5O5S/c1-2-50-35-16-10-9-13-28(35)25-34(42-38(47)27-11-5-3-6-12-27)39(48)41-29-19-23-33(24-20-29)51-36-26-37(46)45(40(36)49)32-21-17-31(18-22-32)44-43-30-14-7-4-8-15-30/h3-25,36H,2,26H2,1H3,(H,41,48)(H,42,47)/b34-25-,44-43?. The highest BCUT2D eigenvalue weighted by molar-refractivity contribution is 8.00. The van der Waals surface area contributed by atoms with Crippen LogP contribution in [0, 0.1) is 0 Å². The first kappa shape index (κ1) is 34.5. The molecule has 0 spiro atoms. The fourth-order valence-electron chi connectivity index (χ4n) is 5.21. The minimum atomic E-state index is -0.608. The van der Waals surface area contributed by atoms with Crippen LogP contribution in [0.25, 0.3) is 6.08 Å². The van der Waals surface area contributed by atoms with Crippen LogP contribution >= 0.6 is 11.8 Å². The van der Waals surface area contributed by atoms with Crippen molar-refractivity contribution in [2.75, 3.05) is 16.8 Å². The highest BCUT2D eigenvalue weighted by Crippen LogP contribution is 2.35. The zero-order valence-electron chi connectivity index (χ0n) is 27.6. The highest BCUT2D eigenvalue weighted by atomic mass is 32.2. The summed E-state index contributed by atoms with van der Waals surface area (Å²) in [6, 6.07) is 38.9. The molecule has 11 heteroatoms. The molecule has 0 aliphatic carbocycles.